The summed E-state index contributed by atoms with van der Waals surface area (Å²) < 4.78 is 4.96. The van der Waals surface area contributed by atoms with Gasteiger partial charge in [-0.2, -0.15) is 0 Å². The van der Waals surface area contributed by atoms with Crippen molar-refractivity contribution < 1.29 is 14.3 Å². The molecule has 3 aromatic rings. The van der Waals surface area contributed by atoms with Crippen molar-refractivity contribution in [3.8, 4) is 0 Å². The maximum absolute atomic E-state index is 13.1. The summed E-state index contributed by atoms with van der Waals surface area (Å²) in [7, 11) is 1.32. The van der Waals surface area contributed by atoms with Crippen LogP contribution < -0.4 is 0 Å². The van der Waals surface area contributed by atoms with E-state index in [0.29, 0.717) is 34.6 Å². The normalized spacial score (nSPS) is 13.2. The standard InChI is InChI=1S/C21H16ClNO3/c1-26-21(25)19-17-10-16(22)8-7-14(17)9-15-12-23(20(24)18(15)19)11-13-5-3-2-4-6-13/h2-10H,11-12H2,1H3. The summed E-state index contributed by atoms with van der Waals surface area (Å²) in [6.07, 6.45) is 0. The third-order valence-electron chi connectivity index (χ3n) is 4.65. The van der Waals surface area contributed by atoms with Crippen LogP contribution in [0.1, 0.15) is 31.8 Å². The lowest BCUT2D eigenvalue weighted by atomic mass is 9.95. The zero-order chi connectivity index (χ0) is 18.3. The van der Waals surface area contributed by atoms with E-state index in [9.17, 15) is 9.59 Å². The van der Waals surface area contributed by atoms with Gasteiger partial charge in [0, 0.05) is 18.1 Å². The molecule has 4 nitrogen and oxygen atoms in total. The molecule has 1 amide bonds. The van der Waals surface area contributed by atoms with Crippen LogP contribution in [0.5, 0.6) is 0 Å². The van der Waals surface area contributed by atoms with E-state index < -0.39 is 5.97 Å². The number of carbonyl (C=O) groups is 2. The second kappa shape index (κ2) is 6.46. The summed E-state index contributed by atoms with van der Waals surface area (Å²) in [5.74, 6) is -0.685. The van der Waals surface area contributed by atoms with Crippen LogP contribution in [0, 0.1) is 0 Å². The van der Waals surface area contributed by atoms with Crippen LogP contribution in [0.3, 0.4) is 0 Å². The van der Waals surface area contributed by atoms with Crippen LogP contribution in [0.25, 0.3) is 10.8 Å². The molecule has 0 bridgehead atoms. The Morgan fingerprint density at radius 2 is 1.92 bits per heavy atom. The number of carbonyl (C=O) groups excluding carboxylic acids is 2. The summed E-state index contributed by atoms with van der Waals surface area (Å²) >= 11 is 6.11. The first kappa shape index (κ1) is 16.6. The molecule has 0 spiro atoms. The molecule has 1 heterocycles. The molecule has 1 aliphatic heterocycles. The van der Waals surface area contributed by atoms with Gasteiger partial charge in [-0.25, -0.2) is 4.79 Å². The van der Waals surface area contributed by atoms with E-state index in [1.807, 2.05) is 42.5 Å². The lowest BCUT2D eigenvalue weighted by Gasteiger charge is -2.15. The maximum Gasteiger partial charge on any atom is 0.339 e. The Kier molecular flexibility index (Phi) is 4.13. The summed E-state index contributed by atoms with van der Waals surface area (Å²) in [6.45, 7) is 0.956. The van der Waals surface area contributed by atoms with Crippen molar-refractivity contribution in [1.29, 1.82) is 0 Å². The minimum absolute atomic E-state index is 0.161. The number of amides is 1. The summed E-state index contributed by atoms with van der Waals surface area (Å²) in [4.78, 5) is 27.3. The van der Waals surface area contributed by atoms with Crippen molar-refractivity contribution >= 4 is 34.2 Å². The molecule has 0 saturated carbocycles. The second-order valence-corrected chi connectivity index (χ2v) is 6.73. The maximum atomic E-state index is 13.1. The van der Waals surface area contributed by atoms with Crippen molar-refractivity contribution in [2.75, 3.05) is 7.11 Å². The molecule has 0 radical (unpaired) electrons. The molecule has 4 rings (SSSR count). The second-order valence-electron chi connectivity index (χ2n) is 6.29. The Morgan fingerprint density at radius 1 is 1.15 bits per heavy atom. The Bertz CT molecular complexity index is 1030. The third-order valence-corrected chi connectivity index (χ3v) is 4.89. The molecule has 0 aromatic heterocycles. The van der Waals surface area contributed by atoms with Crippen molar-refractivity contribution in [3.63, 3.8) is 0 Å². The average molecular weight is 366 g/mol. The molecule has 0 saturated heterocycles. The first-order chi connectivity index (χ1) is 12.6. The lowest BCUT2D eigenvalue weighted by molar-refractivity contribution is 0.0595. The number of fused-ring (bicyclic) bond motifs is 2. The first-order valence-electron chi connectivity index (χ1n) is 8.25. The molecule has 0 aliphatic carbocycles. The Balaban J connectivity index is 1.84. The van der Waals surface area contributed by atoms with Crippen LogP contribution in [-0.2, 0) is 17.8 Å². The number of hydrogen-bond donors (Lipinski definition) is 0. The van der Waals surface area contributed by atoms with E-state index in [4.69, 9.17) is 16.3 Å². The number of nitrogens with zero attached hydrogens (tertiary/aromatic N) is 1. The van der Waals surface area contributed by atoms with E-state index in [0.717, 1.165) is 16.5 Å². The zero-order valence-corrected chi connectivity index (χ0v) is 14.9. The smallest absolute Gasteiger partial charge is 0.339 e. The van der Waals surface area contributed by atoms with Crippen LogP contribution in [0.4, 0.5) is 0 Å². The van der Waals surface area contributed by atoms with Crippen LogP contribution >= 0.6 is 11.6 Å². The fourth-order valence-electron chi connectivity index (χ4n) is 3.48. The van der Waals surface area contributed by atoms with E-state index in [1.165, 1.54) is 7.11 Å². The van der Waals surface area contributed by atoms with Crippen molar-refractivity contribution in [2.24, 2.45) is 0 Å². The number of hydrogen-bond acceptors (Lipinski definition) is 3. The number of rotatable bonds is 3. The highest BCUT2D eigenvalue weighted by molar-refractivity contribution is 6.31. The van der Waals surface area contributed by atoms with Crippen molar-refractivity contribution in [2.45, 2.75) is 13.1 Å². The summed E-state index contributed by atoms with van der Waals surface area (Å²) in [5, 5.41) is 2.01. The monoisotopic (exact) mass is 365 g/mol. The van der Waals surface area contributed by atoms with Gasteiger partial charge in [0.15, 0.2) is 0 Å². The number of esters is 1. The minimum atomic E-state index is -0.524. The number of ether oxygens (including phenoxy) is 1. The van der Waals surface area contributed by atoms with Gasteiger partial charge in [0.2, 0.25) is 0 Å². The molecule has 0 N–H and O–H groups in total. The van der Waals surface area contributed by atoms with Gasteiger partial charge in [-0.3, -0.25) is 4.79 Å². The van der Waals surface area contributed by atoms with Crippen LogP contribution in [0.15, 0.2) is 54.6 Å². The lowest BCUT2D eigenvalue weighted by Crippen LogP contribution is -2.24. The van der Waals surface area contributed by atoms with Gasteiger partial charge in [0.1, 0.15) is 0 Å². The Labute approximate surface area is 155 Å². The molecule has 0 atom stereocenters. The minimum Gasteiger partial charge on any atom is -0.465 e. The molecule has 0 fully saturated rings. The molecule has 1 aliphatic rings. The highest BCUT2D eigenvalue weighted by atomic mass is 35.5. The van der Waals surface area contributed by atoms with E-state index in [2.05, 4.69) is 0 Å². The molecule has 5 heteroatoms. The molecular formula is C21H16ClNO3. The fraction of sp³-hybridized carbons (Fsp3) is 0.143. The highest BCUT2D eigenvalue weighted by Gasteiger charge is 2.34. The van der Waals surface area contributed by atoms with Gasteiger partial charge < -0.3 is 9.64 Å². The quantitative estimate of drug-likeness (QED) is 0.645. The molecule has 3 aromatic carbocycles. The van der Waals surface area contributed by atoms with E-state index in [-0.39, 0.29) is 5.91 Å². The van der Waals surface area contributed by atoms with Gasteiger partial charge in [-0.1, -0.05) is 48.0 Å². The van der Waals surface area contributed by atoms with E-state index in [1.54, 1.807) is 17.0 Å². The van der Waals surface area contributed by atoms with Gasteiger partial charge in [0.25, 0.3) is 5.91 Å². The van der Waals surface area contributed by atoms with Crippen molar-refractivity contribution in [3.05, 3.63) is 81.9 Å². The predicted molar refractivity (Wildman–Crippen MR) is 100 cm³/mol. The summed E-state index contributed by atoms with van der Waals surface area (Å²) in [5.41, 5.74) is 2.59. The predicted octanol–water partition coefficient (Wildman–Crippen LogP) is 4.44. The van der Waals surface area contributed by atoms with Crippen molar-refractivity contribution in [1.82, 2.24) is 4.90 Å². The Hall–Kier alpha value is -2.85. The molecule has 130 valence electrons. The fourth-order valence-corrected chi connectivity index (χ4v) is 3.65. The largest absolute Gasteiger partial charge is 0.465 e. The van der Waals surface area contributed by atoms with Gasteiger partial charge in [0.05, 0.1) is 18.2 Å². The summed E-state index contributed by atoms with van der Waals surface area (Å²) in [6, 6.07) is 17.1. The van der Waals surface area contributed by atoms with Crippen LogP contribution in [0.2, 0.25) is 5.02 Å². The van der Waals surface area contributed by atoms with Gasteiger partial charge >= 0.3 is 5.97 Å². The zero-order valence-electron chi connectivity index (χ0n) is 14.2. The SMILES string of the molecule is COC(=O)c1c2c(cc3ccc(Cl)cc13)CN(Cc1ccccc1)C2=O. The highest BCUT2D eigenvalue weighted by Crippen LogP contribution is 2.34. The van der Waals surface area contributed by atoms with Crippen LogP contribution in [-0.4, -0.2) is 23.9 Å². The van der Waals surface area contributed by atoms with E-state index >= 15 is 0 Å². The average Bonchev–Trinajstić information content (AvgIpc) is 2.95. The Morgan fingerprint density at radius 3 is 2.65 bits per heavy atom. The number of benzene rings is 3. The third kappa shape index (κ3) is 2.72. The first-order valence-corrected chi connectivity index (χ1v) is 8.63. The number of methoxy groups -OCH3 is 1. The van der Waals surface area contributed by atoms with Gasteiger partial charge in [-0.15, -0.1) is 0 Å². The van der Waals surface area contributed by atoms with Gasteiger partial charge in [-0.05, 0) is 40.1 Å². The molecule has 0 unspecified atom stereocenters. The molecular weight excluding hydrogens is 350 g/mol. The topological polar surface area (TPSA) is 46.6 Å². The number of halogens is 1. The molecule has 26 heavy (non-hydrogen) atoms.